The predicted octanol–water partition coefficient (Wildman–Crippen LogP) is 4.96. The van der Waals surface area contributed by atoms with Gasteiger partial charge in [0.15, 0.2) is 0 Å². The fourth-order valence-corrected chi connectivity index (χ4v) is 3.16. The van der Waals surface area contributed by atoms with Crippen LogP contribution in [0.1, 0.15) is 36.5 Å². The Balaban J connectivity index is 1.68. The van der Waals surface area contributed by atoms with Crippen LogP contribution < -0.4 is 20.8 Å². The molecule has 7 nitrogen and oxygen atoms in total. The maximum atomic E-state index is 12.2. The number of nitrogens with one attached hydrogen (secondary N) is 3. The minimum absolute atomic E-state index is 0.384. The second-order valence-electron chi connectivity index (χ2n) is 7.79. The molecule has 3 rings (SSSR count). The summed E-state index contributed by atoms with van der Waals surface area (Å²) < 4.78 is 5.48. The van der Waals surface area contributed by atoms with Crippen molar-refractivity contribution in [1.29, 1.82) is 0 Å². The Bertz CT molecular complexity index is 1150. The van der Waals surface area contributed by atoms with Crippen LogP contribution in [0.25, 0.3) is 0 Å². The summed E-state index contributed by atoms with van der Waals surface area (Å²) in [4.78, 5) is 24.4. The molecule has 0 saturated heterocycles. The van der Waals surface area contributed by atoms with Gasteiger partial charge in [0.05, 0.1) is 19.0 Å². The van der Waals surface area contributed by atoms with Crippen molar-refractivity contribution >= 4 is 35.1 Å². The minimum Gasteiger partial charge on any atom is -0.495 e. The molecule has 0 aliphatic heterocycles. The minimum atomic E-state index is -0.865. The van der Waals surface area contributed by atoms with Crippen LogP contribution in [0, 0.1) is 6.92 Å². The summed E-state index contributed by atoms with van der Waals surface area (Å²) in [5.74, 6) is -0.658. The van der Waals surface area contributed by atoms with Gasteiger partial charge in [0, 0.05) is 16.9 Å². The zero-order valence-electron chi connectivity index (χ0n) is 19.2. The molecule has 0 aliphatic rings. The summed E-state index contributed by atoms with van der Waals surface area (Å²) >= 11 is 0. The first kappa shape index (κ1) is 23.5. The van der Waals surface area contributed by atoms with Crippen molar-refractivity contribution in [1.82, 2.24) is 5.43 Å². The number of hydrogen-bond donors (Lipinski definition) is 3. The number of aryl methyl sites for hydroxylation is 1. The molecular weight excluding hydrogens is 416 g/mol. The van der Waals surface area contributed by atoms with Crippen molar-refractivity contribution < 1.29 is 14.3 Å². The molecule has 33 heavy (non-hydrogen) atoms. The number of amides is 2. The maximum Gasteiger partial charge on any atom is 0.329 e. The number of hydrogen-bond acceptors (Lipinski definition) is 5. The molecule has 0 unspecified atom stereocenters. The standard InChI is InChI=1S/C26H28N4O3/c1-17(2)19-12-14-21(15-13-19)28-25(31)26(32)30-27-16-20-9-7-11-23(33-4)24(20)29-22-10-6-5-8-18(22)3/h5-17,29H,1-4H3,(H,28,31)(H,30,32)/b27-16-. The van der Waals surface area contributed by atoms with Crippen molar-refractivity contribution in [3.63, 3.8) is 0 Å². The zero-order chi connectivity index (χ0) is 23.8. The van der Waals surface area contributed by atoms with Crippen molar-refractivity contribution in [2.45, 2.75) is 26.7 Å². The average Bonchev–Trinajstić information content (AvgIpc) is 2.81. The summed E-state index contributed by atoms with van der Waals surface area (Å²) in [5, 5.41) is 9.89. The van der Waals surface area contributed by atoms with Crippen LogP contribution in [0.4, 0.5) is 17.1 Å². The number of hydrazone groups is 1. The topological polar surface area (TPSA) is 91.8 Å². The molecular formula is C26H28N4O3. The van der Waals surface area contributed by atoms with Crippen LogP contribution in [-0.2, 0) is 9.59 Å². The van der Waals surface area contributed by atoms with Gasteiger partial charge >= 0.3 is 11.8 Å². The van der Waals surface area contributed by atoms with E-state index in [2.05, 4.69) is 35.0 Å². The molecule has 0 atom stereocenters. The fourth-order valence-electron chi connectivity index (χ4n) is 3.16. The zero-order valence-corrected chi connectivity index (χ0v) is 19.2. The Hall–Kier alpha value is -4.13. The molecule has 3 aromatic carbocycles. The van der Waals surface area contributed by atoms with E-state index in [1.54, 1.807) is 19.2 Å². The Labute approximate surface area is 193 Å². The van der Waals surface area contributed by atoms with Gasteiger partial charge in [-0.2, -0.15) is 5.10 Å². The van der Waals surface area contributed by atoms with Crippen molar-refractivity contribution in [3.05, 3.63) is 83.4 Å². The van der Waals surface area contributed by atoms with Crippen LogP contribution in [0.2, 0.25) is 0 Å². The monoisotopic (exact) mass is 444 g/mol. The fraction of sp³-hybridized carbons (Fsp3) is 0.192. The highest BCUT2D eigenvalue weighted by atomic mass is 16.5. The Morgan fingerprint density at radius 3 is 2.33 bits per heavy atom. The van der Waals surface area contributed by atoms with Gasteiger partial charge in [0.2, 0.25) is 0 Å². The number of methoxy groups -OCH3 is 1. The number of carbonyl (C=O) groups is 2. The number of nitrogens with zero attached hydrogens (tertiary/aromatic N) is 1. The average molecular weight is 445 g/mol. The highest BCUT2D eigenvalue weighted by molar-refractivity contribution is 6.39. The second kappa shape index (κ2) is 10.9. The van der Waals surface area contributed by atoms with E-state index in [0.717, 1.165) is 16.8 Å². The summed E-state index contributed by atoms with van der Waals surface area (Å²) in [7, 11) is 1.58. The normalized spacial score (nSPS) is 10.8. The van der Waals surface area contributed by atoms with E-state index in [0.29, 0.717) is 28.6 Å². The maximum absolute atomic E-state index is 12.2. The van der Waals surface area contributed by atoms with E-state index in [-0.39, 0.29) is 0 Å². The Kier molecular flexibility index (Phi) is 7.81. The van der Waals surface area contributed by atoms with E-state index >= 15 is 0 Å². The van der Waals surface area contributed by atoms with Gasteiger partial charge in [-0.1, -0.05) is 56.3 Å². The first-order valence-electron chi connectivity index (χ1n) is 10.6. The van der Waals surface area contributed by atoms with Gasteiger partial charge in [-0.05, 0) is 48.2 Å². The van der Waals surface area contributed by atoms with Gasteiger partial charge in [-0.3, -0.25) is 9.59 Å². The van der Waals surface area contributed by atoms with E-state index < -0.39 is 11.8 Å². The molecule has 7 heteroatoms. The lowest BCUT2D eigenvalue weighted by Gasteiger charge is -2.15. The summed E-state index contributed by atoms with van der Waals surface area (Å²) in [6.45, 7) is 6.17. The van der Waals surface area contributed by atoms with Crippen molar-refractivity contribution in [2.75, 3.05) is 17.7 Å². The molecule has 0 bridgehead atoms. The Morgan fingerprint density at radius 1 is 0.939 bits per heavy atom. The number of anilines is 3. The molecule has 0 aromatic heterocycles. The van der Waals surface area contributed by atoms with Gasteiger partial charge in [0.1, 0.15) is 5.75 Å². The van der Waals surface area contributed by atoms with Crippen LogP contribution >= 0.6 is 0 Å². The second-order valence-corrected chi connectivity index (χ2v) is 7.79. The molecule has 0 fully saturated rings. The SMILES string of the molecule is COc1cccc(/C=N\NC(=O)C(=O)Nc2ccc(C(C)C)cc2)c1Nc1ccccc1C. The summed E-state index contributed by atoms with van der Waals surface area (Å²) in [5.41, 5.74) is 7.33. The lowest BCUT2D eigenvalue weighted by molar-refractivity contribution is -0.136. The van der Waals surface area contributed by atoms with Crippen LogP contribution in [0.3, 0.4) is 0 Å². The first-order valence-corrected chi connectivity index (χ1v) is 10.6. The molecule has 0 spiro atoms. The van der Waals surface area contributed by atoms with Crippen molar-refractivity contribution in [2.24, 2.45) is 5.10 Å². The van der Waals surface area contributed by atoms with E-state index in [4.69, 9.17) is 4.74 Å². The quantitative estimate of drug-likeness (QED) is 0.273. The number of carbonyl (C=O) groups excluding carboxylic acids is 2. The number of rotatable bonds is 7. The van der Waals surface area contributed by atoms with E-state index in [9.17, 15) is 9.59 Å². The number of benzene rings is 3. The molecule has 0 heterocycles. The predicted molar refractivity (Wildman–Crippen MR) is 132 cm³/mol. The molecule has 3 N–H and O–H groups in total. The lowest BCUT2D eigenvalue weighted by atomic mass is 10.0. The lowest BCUT2D eigenvalue weighted by Crippen LogP contribution is -2.32. The Morgan fingerprint density at radius 2 is 1.67 bits per heavy atom. The van der Waals surface area contributed by atoms with Gasteiger partial charge in [-0.15, -0.1) is 0 Å². The number of ether oxygens (including phenoxy) is 1. The molecule has 170 valence electrons. The third-order valence-corrected chi connectivity index (χ3v) is 5.09. The van der Waals surface area contributed by atoms with Crippen LogP contribution in [0.15, 0.2) is 71.8 Å². The number of para-hydroxylation sites is 2. The molecule has 0 radical (unpaired) electrons. The van der Waals surface area contributed by atoms with Crippen LogP contribution in [0.5, 0.6) is 5.75 Å². The highest BCUT2D eigenvalue weighted by Gasteiger charge is 2.14. The smallest absolute Gasteiger partial charge is 0.329 e. The third-order valence-electron chi connectivity index (χ3n) is 5.09. The van der Waals surface area contributed by atoms with Crippen molar-refractivity contribution in [3.8, 4) is 5.75 Å². The largest absolute Gasteiger partial charge is 0.495 e. The summed E-state index contributed by atoms with van der Waals surface area (Å²) in [6.07, 6.45) is 1.46. The molecule has 3 aromatic rings. The molecule has 2 amide bonds. The molecule has 0 aliphatic carbocycles. The van der Waals surface area contributed by atoms with Gasteiger partial charge in [-0.25, -0.2) is 5.43 Å². The third kappa shape index (κ3) is 6.20. The van der Waals surface area contributed by atoms with Gasteiger partial charge < -0.3 is 15.4 Å². The van der Waals surface area contributed by atoms with Gasteiger partial charge in [0.25, 0.3) is 0 Å². The molecule has 0 saturated carbocycles. The van der Waals surface area contributed by atoms with Crippen LogP contribution in [-0.4, -0.2) is 25.1 Å². The van der Waals surface area contributed by atoms with E-state index in [1.807, 2.05) is 61.5 Å². The highest BCUT2D eigenvalue weighted by Crippen LogP contribution is 2.31. The first-order chi connectivity index (χ1) is 15.9. The summed E-state index contributed by atoms with van der Waals surface area (Å²) in [6, 6.07) is 20.7. The van der Waals surface area contributed by atoms with E-state index in [1.165, 1.54) is 6.21 Å².